The van der Waals surface area contributed by atoms with E-state index >= 15 is 0 Å². The van der Waals surface area contributed by atoms with Gasteiger partial charge in [0.05, 0.1) is 12.8 Å². The summed E-state index contributed by atoms with van der Waals surface area (Å²) in [6.45, 7) is 2.03. The van der Waals surface area contributed by atoms with Crippen LogP contribution in [0.1, 0.15) is 11.1 Å². The van der Waals surface area contributed by atoms with Gasteiger partial charge < -0.3 is 15.4 Å². The van der Waals surface area contributed by atoms with Gasteiger partial charge in [0.1, 0.15) is 10.7 Å². The topological polar surface area (TPSA) is 38.5 Å². The van der Waals surface area contributed by atoms with E-state index in [4.69, 9.17) is 22.7 Å². The third kappa shape index (κ3) is 2.91. The third-order valence-corrected chi connectivity index (χ3v) is 3.46. The minimum atomic E-state index is 0.407. The second kappa shape index (κ2) is 5.92. The van der Waals surface area contributed by atoms with Gasteiger partial charge in [-0.3, -0.25) is 0 Å². The maximum atomic E-state index is 5.83. The van der Waals surface area contributed by atoms with Gasteiger partial charge in [0.2, 0.25) is 0 Å². The van der Waals surface area contributed by atoms with Gasteiger partial charge in [-0.1, -0.05) is 23.8 Å². The largest absolute Gasteiger partial charge is 0.497 e. The first-order valence-corrected chi connectivity index (χ1v) is 6.72. The molecule has 0 saturated heterocycles. The van der Waals surface area contributed by atoms with Crippen molar-refractivity contribution in [2.45, 2.75) is 6.92 Å². The van der Waals surface area contributed by atoms with E-state index in [9.17, 15) is 0 Å². The van der Waals surface area contributed by atoms with Crippen LogP contribution in [0, 0.1) is 6.92 Å². The van der Waals surface area contributed by atoms with Crippen LogP contribution in [-0.2, 0) is 0 Å². The molecule has 0 aliphatic carbocycles. The van der Waals surface area contributed by atoms with Gasteiger partial charge in [0.15, 0.2) is 0 Å². The fraction of sp³-hybridized carbons (Fsp3) is 0.188. The molecule has 2 rings (SSSR count). The molecule has 0 atom stereocenters. The lowest BCUT2D eigenvalue weighted by molar-refractivity contribution is 0.415. The van der Waals surface area contributed by atoms with Crippen LogP contribution in [0.2, 0.25) is 0 Å². The zero-order valence-corrected chi connectivity index (χ0v) is 12.7. The molecule has 0 unspecified atom stereocenters. The summed E-state index contributed by atoms with van der Waals surface area (Å²) in [5, 5.41) is 0. The quantitative estimate of drug-likeness (QED) is 0.874. The van der Waals surface area contributed by atoms with Crippen molar-refractivity contribution in [3.63, 3.8) is 0 Å². The van der Waals surface area contributed by atoms with Gasteiger partial charge in [-0.05, 0) is 43.3 Å². The molecule has 0 bridgehead atoms. The van der Waals surface area contributed by atoms with Gasteiger partial charge in [-0.2, -0.15) is 0 Å². The molecule has 0 aromatic heterocycles. The summed E-state index contributed by atoms with van der Waals surface area (Å²) >= 11 is 5.15. The molecule has 3 nitrogen and oxygen atoms in total. The Bertz CT molecular complexity index is 623. The smallest absolute Gasteiger partial charge is 0.119 e. The molecule has 104 valence electrons. The molecule has 0 spiro atoms. The molecule has 0 amide bonds. The highest BCUT2D eigenvalue weighted by atomic mass is 32.1. The molecular weight excluding hydrogens is 268 g/mol. The number of ether oxygens (including phenoxy) is 1. The van der Waals surface area contributed by atoms with E-state index in [-0.39, 0.29) is 0 Å². The van der Waals surface area contributed by atoms with Crippen molar-refractivity contribution in [1.82, 2.24) is 0 Å². The Balaban J connectivity index is 2.41. The Morgan fingerprint density at radius 1 is 1.15 bits per heavy atom. The molecule has 0 aliphatic rings. The monoisotopic (exact) mass is 286 g/mol. The average Bonchev–Trinajstić information content (AvgIpc) is 2.46. The first-order chi connectivity index (χ1) is 9.52. The summed E-state index contributed by atoms with van der Waals surface area (Å²) in [5.74, 6) is 0.834. The van der Waals surface area contributed by atoms with E-state index in [0.29, 0.717) is 4.99 Å². The first kappa shape index (κ1) is 14.3. The number of benzene rings is 2. The van der Waals surface area contributed by atoms with Crippen molar-refractivity contribution in [3.8, 4) is 5.75 Å². The van der Waals surface area contributed by atoms with E-state index in [0.717, 1.165) is 28.3 Å². The highest BCUT2D eigenvalue weighted by Gasteiger charge is 2.11. The molecule has 2 N–H and O–H groups in total. The predicted molar refractivity (Wildman–Crippen MR) is 88.1 cm³/mol. The Hall–Kier alpha value is -2.07. The minimum absolute atomic E-state index is 0.407. The summed E-state index contributed by atoms with van der Waals surface area (Å²) in [4.78, 5) is 2.47. The fourth-order valence-electron chi connectivity index (χ4n) is 2.08. The lowest BCUT2D eigenvalue weighted by Crippen LogP contribution is -2.17. The zero-order valence-electron chi connectivity index (χ0n) is 11.9. The van der Waals surface area contributed by atoms with Crippen LogP contribution in [0.3, 0.4) is 0 Å². The Labute approximate surface area is 125 Å². The summed E-state index contributed by atoms with van der Waals surface area (Å²) in [6.07, 6.45) is 0. The maximum absolute atomic E-state index is 5.83. The molecule has 4 heteroatoms. The van der Waals surface area contributed by atoms with Crippen molar-refractivity contribution < 1.29 is 4.74 Å². The lowest BCUT2D eigenvalue weighted by atomic mass is 10.1. The van der Waals surface area contributed by atoms with E-state index in [1.807, 2.05) is 50.4 Å². The highest BCUT2D eigenvalue weighted by Crippen LogP contribution is 2.29. The first-order valence-electron chi connectivity index (χ1n) is 6.31. The number of anilines is 2. The van der Waals surface area contributed by atoms with Crippen LogP contribution in [0.15, 0.2) is 42.5 Å². The average molecular weight is 286 g/mol. The Kier molecular flexibility index (Phi) is 4.25. The molecule has 0 aliphatic heterocycles. The lowest BCUT2D eigenvalue weighted by Gasteiger charge is -2.23. The number of hydrogen-bond acceptors (Lipinski definition) is 3. The molecule has 2 aromatic rings. The van der Waals surface area contributed by atoms with Crippen LogP contribution in [0.4, 0.5) is 11.4 Å². The number of methoxy groups -OCH3 is 1. The van der Waals surface area contributed by atoms with E-state index in [1.165, 1.54) is 0 Å². The van der Waals surface area contributed by atoms with Crippen LogP contribution < -0.4 is 15.4 Å². The number of rotatable bonds is 4. The zero-order chi connectivity index (χ0) is 14.7. The van der Waals surface area contributed by atoms with Gasteiger partial charge in [-0.15, -0.1) is 0 Å². The van der Waals surface area contributed by atoms with Crippen molar-refractivity contribution in [2.24, 2.45) is 5.73 Å². The summed E-state index contributed by atoms with van der Waals surface area (Å²) in [5.41, 5.74) is 9.90. The molecule has 0 radical (unpaired) electrons. The molecule has 0 fully saturated rings. The van der Waals surface area contributed by atoms with Gasteiger partial charge in [0, 0.05) is 18.3 Å². The molecule has 0 saturated carbocycles. The van der Waals surface area contributed by atoms with Crippen LogP contribution in [-0.4, -0.2) is 19.1 Å². The van der Waals surface area contributed by atoms with Crippen molar-refractivity contribution in [2.75, 3.05) is 19.1 Å². The van der Waals surface area contributed by atoms with Crippen molar-refractivity contribution >= 4 is 28.6 Å². The van der Waals surface area contributed by atoms with Gasteiger partial charge in [-0.25, -0.2) is 0 Å². The second-order valence-electron chi connectivity index (χ2n) is 4.64. The third-order valence-electron chi connectivity index (χ3n) is 3.24. The number of thiocarbonyl (C=S) groups is 1. The molecule has 0 heterocycles. The summed E-state index contributed by atoms with van der Waals surface area (Å²) in [7, 11) is 3.65. The van der Waals surface area contributed by atoms with E-state index < -0.39 is 0 Å². The van der Waals surface area contributed by atoms with Gasteiger partial charge >= 0.3 is 0 Å². The highest BCUT2D eigenvalue weighted by molar-refractivity contribution is 7.80. The standard InChI is InChI=1S/C16H18N2OS/c1-11-4-9-15(14(10-11)16(17)20)18(2)12-5-7-13(19-3)8-6-12/h4-10H,1-3H3,(H2,17,20). The number of aryl methyl sites for hydroxylation is 1. The van der Waals surface area contributed by atoms with Crippen molar-refractivity contribution in [3.05, 3.63) is 53.6 Å². The van der Waals surface area contributed by atoms with Crippen molar-refractivity contribution in [1.29, 1.82) is 0 Å². The van der Waals surface area contributed by atoms with E-state index in [1.54, 1.807) is 7.11 Å². The van der Waals surface area contributed by atoms with Crippen LogP contribution >= 0.6 is 12.2 Å². The molecular formula is C16H18N2OS. The molecule has 20 heavy (non-hydrogen) atoms. The number of hydrogen-bond donors (Lipinski definition) is 1. The SMILES string of the molecule is COc1ccc(N(C)c2ccc(C)cc2C(N)=S)cc1. The van der Waals surface area contributed by atoms with Crippen LogP contribution in [0.25, 0.3) is 0 Å². The van der Waals surface area contributed by atoms with Crippen LogP contribution in [0.5, 0.6) is 5.75 Å². The number of nitrogens with zero attached hydrogens (tertiary/aromatic N) is 1. The van der Waals surface area contributed by atoms with E-state index in [2.05, 4.69) is 11.0 Å². The van der Waals surface area contributed by atoms with Gasteiger partial charge in [0.25, 0.3) is 0 Å². The second-order valence-corrected chi connectivity index (χ2v) is 5.08. The minimum Gasteiger partial charge on any atom is -0.497 e. The Morgan fingerprint density at radius 3 is 2.35 bits per heavy atom. The Morgan fingerprint density at radius 2 is 1.80 bits per heavy atom. The maximum Gasteiger partial charge on any atom is 0.119 e. The molecule has 2 aromatic carbocycles. The summed E-state index contributed by atoms with van der Waals surface area (Å²) < 4.78 is 5.17. The summed E-state index contributed by atoms with van der Waals surface area (Å²) in [6, 6.07) is 14.0. The fourth-order valence-corrected chi connectivity index (χ4v) is 2.25. The normalized spacial score (nSPS) is 10.2. The number of nitrogens with two attached hydrogens (primary N) is 1. The predicted octanol–water partition coefficient (Wildman–Crippen LogP) is 3.41.